The van der Waals surface area contributed by atoms with Crippen LogP contribution in [0.3, 0.4) is 0 Å². The number of hydrogen-bond donors (Lipinski definition) is 1. The smallest absolute Gasteiger partial charge is 0.244 e. The predicted molar refractivity (Wildman–Crippen MR) is 93.5 cm³/mol. The Hall–Kier alpha value is -2.66. The van der Waals surface area contributed by atoms with Crippen molar-refractivity contribution in [2.24, 2.45) is 0 Å². The van der Waals surface area contributed by atoms with Crippen molar-refractivity contribution in [3.63, 3.8) is 0 Å². The first-order chi connectivity index (χ1) is 11.2. The van der Waals surface area contributed by atoms with E-state index in [1.807, 2.05) is 48.5 Å². The topological polar surface area (TPSA) is 51.2 Å². The van der Waals surface area contributed by atoms with E-state index in [0.29, 0.717) is 6.54 Å². The standard InChI is InChI=1S/C18H16N2O2S/c1-22-14-8-6-13(7-9-14)12-19-17(21)10-11-18-20-15-4-2-3-5-16(15)23-18/h2-11H,12H2,1H3,(H,19,21)/b11-10+. The zero-order chi connectivity index (χ0) is 16.1. The first-order valence-corrected chi connectivity index (χ1v) is 8.00. The Morgan fingerprint density at radius 1 is 1.22 bits per heavy atom. The second kappa shape index (κ2) is 7.07. The van der Waals surface area contributed by atoms with Crippen molar-refractivity contribution < 1.29 is 9.53 Å². The lowest BCUT2D eigenvalue weighted by molar-refractivity contribution is -0.116. The van der Waals surface area contributed by atoms with Gasteiger partial charge in [0, 0.05) is 12.6 Å². The second-order valence-electron chi connectivity index (χ2n) is 4.92. The van der Waals surface area contributed by atoms with Crippen LogP contribution in [0.2, 0.25) is 0 Å². The fourth-order valence-electron chi connectivity index (χ4n) is 2.10. The van der Waals surface area contributed by atoms with Crippen LogP contribution in [0.4, 0.5) is 0 Å². The lowest BCUT2D eigenvalue weighted by atomic mass is 10.2. The Labute approximate surface area is 138 Å². The molecule has 1 amide bonds. The second-order valence-corrected chi connectivity index (χ2v) is 5.98. The van der Waals surface area contributed by atoms with E-state index >= 15 is 0 Å². The van der Waals surface area contributed by atoms with Crippen molar-refractivity contribution in [2.45, 2.75) is 6.54 Å². The maximum atomic E-state index is 11.9. The molecule has 116 valence electrons. The summed E-state index contributed by atoms with van der Waals surface area (Å²) in [6.45, 7) is 0.479. The number of carbonyl (C=O) groups is 1. The number of nitrogens with one attached hydrogen (secondary N) is 1. The van der Waals surface area contributed by atoms with Gasteiger partial charge in [-0.3, -0.25) is 4.79 Å². The van der Waals surface area contributed by atoms with E-state index in [1.54, 1.807) is 24.5 Å². The molecule has 0 fully saturated rings. The van der Waals surface area contributed by atoms with Crippen molar-refractivity contribution in [3.8, 4) is 5.75 Å². The summed E-state index contributed by atoms with van der Waals surface area (Å²) in [4.78, 5) is 16.3. The van der Waals surface area contributed by atoms with Gasteiger partial charge in [0.15, 0.2) is 0 Å². The van der Waals surface area contributed by atoms with Gasteiger partial charge in [-0.1, -0.05) is 24.3 Å². The maximum absolute atomic E-state index is 11.9. The van der Waals surface area contributed by atoms with Gasteiger partial charge in [-0.2, -0.15) is 0 Å². The molecular weight excluding hydrogens is 308 g/mol. The van der Waals surface area contributed by atoms with Crippen LogP contribution in [0.25, 0.3) is 16.3 Å². The minimum Gasteiger partial charge on any atom is -0.497 e. The Morgan fingerprint density at radius 3 is 2.74 bits per heavy atom. The molecule has 0 atom stereocenters. The number of thiazole rings is 1. The van der Waals surface area contributed by atoms with Crippen molar-refractivity contribution in [1.29, 1.82) is 0 Å². The van der Waals surface area contributed by atoms with E-state index < -0.39 is 0 Å². The van der Waals surface area contributed by atoms with Gasteiger partial charge in [-0.25, -0.2) is 4.98 Å². The monoisotopic (exact) mass is 324 g/mol. The molecule has 1 heterocycles. The number of nitrogens with zero attached hydrogens (tertiary/aromatic N) is 1. The molecule has 0 unspecified atom stereocenters. The number of methoxy groups -OCH3 is 1. The van der Waals surface area contributed by atoms with Crippen LogP contribution in [-0.4, -0.2) is 18.0 Å². The Kier molecular flexibility index (Phi) is 4.68. The highest BCUT2D eigenvalue weighted by molar-refractivity contribution is 7.19. The van der Waals surface area contributed by atoms with Crippen LogP contribution in [0.15, 0.2) is 54.6 Å². The third-order valence-corrected chi connectivity index (χ3v) is 4.32. The number of fused-ring (bicyclic) bond motifs is 1. The van der Waals surface area contributed by atoms with Gasteiger partial charge >= 0.3 is 0 Å². The molecule has 0 aliphatic rings. The van der Waals surface area contributed by atoms with Crippen molar-refractivity contribution in [3.05, 3.63) is 65.2 Å². The summed E-state index contributed by atoms with van der Waals surface area (Å²) in [5, 5.41) is 3.68. The molecule has 0 spiro atoms. The average Bonchev–Trinajstić information content (AvgIpc) is 3.01. The SMILES string of the molecule is COc1ccc(CNC(=O)/C=C/c2nc3ccccc3s2)cc1. The number of benzene rings is 2. The number of para-hydroxylation sites is 1. The molecule has 0 radical (unpaired) electrons. The van der Waals surface area contributed by atoms with Gasteiger partial charge in [0.05, 0.1) is 17.3 Å². The van der Waals surface area contributed by atoms with Crippen LogP contribution in [0.1, 0.15) is 10.6 Å². The van der Waals surface area contributed by atoms with Crippen LogP contribution >= 0.6 is 11.3 Å². The third kappa shape index (κ3) is 3.96. The zero-order valence-electron chi connectivity index (χ0n) is 12.7. The third-order valence-electron chi connectivity index (χ3n) is 3.31. The summed E-state index contributed by atoms with van der Waals surface area (Å²) in [6, 6.07) is 15.5. The van der Waals surface area contributed by atoms with Crippen molar-refractivity contribution in [2.75, 3.05) is 7.11 Å². The number of aromatic nitrogens is 1. The molecule has 0 aliphatic carbocycles. The van der Waals surface area contributed by atoms with Gasteiger partial charge in [0.25, 0.3) is 0 Å². The number of hydrogen-bond acceptors (Lipinski definition) is 4. The highest BCUT2D eigenvalue weighted by Gasteiger charge is 2.01. The van der Waals surface area contributed by atoms with Gasteiger partial charge in [-0.15, -0.1) is 11.3 Å². The molecule has 0 bridgehead atoms. The lowest BCUT2D eigenvalue weighted by Crippen LogP contribution is -2.20. The number of amides is 1. The molecule has 2 aromatic carbocycles. The highest BCUT2D eigenvalue weighted by Crippen LogP contribution is 2.22. The number of carbonyl (C=O) groups excluding carboxylic acids is 1. The lowest BCUT2D eigenvalue weighted by Gasteiger charge is -2.04. The molecule has 0 saturated heterocycles. The molecule has 4 nitrogen and oxygen atoms in total. The van der Waals surface area contributed by atoms with Gasteiger partial charge in [0.2, 0.25) is 5.91 Å². The van der Waals surface area contributed by atoms with Gasteiger partial charge in [0.1, 0.15) is 10.8 Å². The predicted octanol–water partition coefficient (Wildman–Crippen LogP) is 3.63. The Morgan fingerprint density at radius 2 is 2.00 bits per heavy atom. The summed E-state index contributed by atoms with van der Waals surface area (Å²) >= 11 is 1.57. The summed E-state index contributed by atoms with van der Waals surface area (Å²) < 4.78 is 6.22. The average molecular weight is 324 g/mol. The molecule has 1 aromatic heterocycles. The van der Waals surface area contributed by atoms with Gasteiger partial charge < -0.3 is 10.1 Å². The molecule has 0 aliphatic heterocycles. The summed E-state index contributed by atoms with van der Waals surface area (Å²) in [7, 11) is 1.63. The first kappa shape index (κ1) is 15.2. The Bertz CT molecular complexity index is 805. The maximum Gasteiger partial charge on any atom is 0.244 e. The normalized spacial score (nSPS) is 11.0. The molecule has 1 N–H and O–H groups in total. The van der Waals surface area contributed by atoms with E-state index in [2.05, 4.69) is 10.3 Å². The van der Waals surface area contributed by atoms with Gasteiger partial charge in [-0.05, 0) is 35.9 Å². The summed E-state index contributed by atoms with van der Waals surface area (Å²) in [5.74, 6) is 0.663. The fourth-order valence-corrected chi connectivity index (χ4v) is 2.97. The summed E-state index contributed by atoms with van der Waals surface area (Å²) in [6.07, 6.45) is 3.26. The van der Waals surface area contributed by atoms with E-state index in [0.717, 1.165) is 26.5 Å². The van der Waals surface area contributed by atoms with E-state index in [-0.39, 0.29) is 5.91 Å². The number of ether oxygens (including phenoxy) is 1. The minimum atomic E-state index is -0.139. The van der Waals surface area contributed by atoms with E-state index in [1.165, 1.54) is 6.08 Å². The van der Waals surface area contributed by atoms with E-state index in [9.17, 15) is 4.79 Å². The largest absolute Gasteiger partial charge is 0.497 e. The quantitative estimate of drug-likeness (QED) is 0.729. The van der Waals surface area contributed by atoms with Crippen LogP contribution in [-0.2, 0) is 11.3 Å². The molecule has 0 saturated carbocycles. The molecule has 23 heavy (non-hydrogen) atoms. The fraction of sp³-hybridized carbons (Fsp3) is 0.111. The number of rotatable bonds is 5. The molecular formula is C18H16N2O2S. The first-order valence-electron chi connectivity index (χ1n) is 7.19. The molecule has 5 heteroatoms. The summed E-state index contributed by atoms with van der Waals surface area (Å²) in [5.41, 5.74) is 1.98. The minimum absolute atomic E-state index is 0.139. The molecule has 3 aromatic rings. The molecule has 3 rings (SSSR count). The zero-order valence-corrected chi connectivity index (χ0v) is 13.5. The van der Waals surface area contributed by atoms with E-state index in [4.69, 9.17) is 4.74 Å². The van der Waals surface area contributed by atoms with Crippen LogP contribution in [0.5, 0.6) is 5.75 Å². The van der Waals surface area contributed by atoms with Crippen molar-refractivity contribution >= 4 is 33.5 Å². The highest BCUT2D eigenvalue weighted by atomic mass is 32.1. The van der Waals surface area contributed by atoms with Crippen molar-refractivity contribution in [1.82, 2.24) is 10.3 Å². The van der Waals surface area contributed by atoms with Crippen LogP contribution < -0.4 is 10.1 Å². The van der Waals surface area contributed by atoms with Crippen LogP contribution in [0, 0.1) is 0 Å². The Balaban J connectivity index is 1.57.